The summed E-state index contributed by atoms with van der Waals surface area (Å²) >= 11 is 0. The van der Waals surface area contributed by atoms with Crippen LogP contribution in [0.1, 0.15) is 45.6 Å². The van der Waals surface area contributed by atoms with E-state index in [1.54, 1.807) is 24.0 Å². The third kappa shape index (κ3) is 4.07. The van der Waals surface area contributed by atoms with Crippen LogP contribution < -0.4 is 5.32 Å². The van der Waals surface area contributed by atoms with Crippen molar-refractivity contribution >= 4 is 27.5 Å². The molecule has 0 aromatic heterocycles. The second-order valence-corrected chi connectivity index (χ2v) is 10.6. The summed E-state index contributed by atoms with van der Waals surface area (Å²) in [6, 6.07) is 4.94. The third-order valence-electron chi connectivity index (χ3n) is 5.44. The minimum atomic E-state index is -3.56. The van der Waals surface area contributed by atoms with Crippen LogP contribution >= 0.6 is 0 Å². The van der Waals surface area contributed by atoms with Crippen LogP contribution in [0.4, 0.5) is 5.69 Å². The number of carbonyl (C=O) groups excluding carboxylic acids is 2. The fraction of sp³-hybridized carbons (Fsp3) is 0.600. The van der Waals surface area contributed by atoms with Crippen molar-refractivity contribution in [3.8, 4) is 0 Å². The van der Waals surface area contributed by atoms with Crippen LogP contribution in [0.5, 0.6) is 0 Å². The molecule has 0 radical (unpaired) electrons. The second-order valence-electron chi connectivity index (χ2n) is 8.66. The van der Waals surface area contributed by atoms with Crippen molar-refractivity contribution in [1.29, 1.82) is 0 Å². The molecule has 3 rings (SSSR count). The van der Waals surface area contributed by atoms with Crippen LogP contribution in [0.3, 0.4) is 0 Å². The van der Waals surface area contributed by atoms with Crippen LogP contribution in [0.2, 0.25) is 0 Å². The minimum Gasteiger partial charge on any atom is -0.337 e. The lowest BCUT2D eigenvalue weighted by molar-refractivity contribution is -0.131. The molecule has 154 valence electrons. The lowest BCUT2D eigenvalue weighted by Gasteiger charge is -2.31. The van der Waals surface area contributed by atoms with Gasteiger partial charge in [0, 0.05) is 37.3 Å². The number of hydrogen-bond acceptors (Lipinski definition) is 4. The fourth-order valence-corrected chi connectivity index (χ4v) is 5.57. The van der Waals surface area contributed by atoms with Gasteiger partial charge >= 0.3 is 0 Å². The quantitative estimate of drug-likeness (QED) is 0.830. The number of carbonyl (C=O) groups is 2. The van der Waals surface area contributed by atoms with E-state index < -0.39 is 15.9 Å². The summed E-state index contributed by atoms with van der Waals surface area (Å²) < 4.78 is 27.3. The lowest BCUT2D eigenvalue weighted by Crippen LogP contribution is -2.42. The van der Waals surface area contributed by atoms with Gasteiger partial charge in [-0.25, -0.2) is 8.42 Å². The molecule has 7 nitrogen and oxygen atoms in total. The summed E-state index contributed by atoms with van der Waals surface area (Å²) in [7, 11) is -3.56. The van der Waals surface area contributed by atoms with Gasteiger partial charge in [-0.1, -0.05) is 6.07 Å². The first-order chi connectivity index (χ1) is 13.0. The molecule has 0 bridgehead atoms. The molecule has 1 unspecified atom stereocenters. The van der Waals surface area contributed by atoms with E-state index >= 15 is 0 Å². The molecule has 0 saturated carbocycles. The number of anilines is 1. The maximum Gasteiger partial charge on any atom is 0.243 e. The molecule has 2 heterocycles. The van der Waals surface area contributed by atoms with Gasteiger partial charge in [0.1, 0.15) is 0 Å². The predicted molar refractivity (Wildman–Crippen MR) is 107 cm³/mol. The van der Waals surface area contributed by atoms with Gasteiger partial charge in [0.05, 0.1) is 10.8 Å². The Hall–Kier alpha value is -1.93. The summed E-state index contributed by atoms with van der Waals surface area (Å²) in [4.78, 5) is 26.9. The van der Waals surface area contributed by atoms with Gasteiger partial charge in [-0.2, -0.15) is 4.31 Å². The molecule has 0 aliphatic carbocycles. The zero-order valence-electron chi connectivity index (χ0n) is 17.0. The maximum atomic E-state index is 12.9. The monoisotopic (exact) mass is 407 g/mol. The summed E-state index contributed by atoms with van der Waals surface area (Å²) in [6.45, 7) is 9.03. The molecule has 1 atom stereocenters. The number of rotatable bonds is 4. The molecule has 2 aliphatic rings. The molecule has 2 saturated heterocycles. The van der Waals surface area contributed by atoms with Crippen molar-refractivity contribution in [3.63, 3.8) is 0 Å². The second kappa shape index (κ2) is 7.48. The molecule has 2 fully saturated rings. The van der Waals surface area contributed by atoms with E-state index in [9.17, 15) is 18.0 Å². The Bertz CT molecular complexity index is 883. The van der Waals surface area contributed by atoms with Crippen LogP contribution in [-0.4, -0.2) is 54.6 Å². The first-order valence-electron chi connectivity index (χ1n) is 9.72. The molecular weight excluding hydrogens is 378 g/mol. The number of likely N-dealkylation sites (tertiary alicyclic amines) is 1. The van der Waals surface area contributed by atoms with Crippen LogP contribution in [0, 0.1) is 12.8 Å². The van der Waals surface area contributed by atoms with Crippen molar-refractivity contribution in [2.24, 2.45) is 5.92 Å². The van der Waals surface area contributed by atoms with E-state index in [1.807, 2.05) is 20.8 Å². The van der Waals surface area contributed by atoms with Crippen LogP contribution in [0.15, 0.2) is 23.1 Å². The van der Waals surface area contributed by atoms with Crippen LogP contribution in [-0.2, 0) is 19.6 Å². The highest BCUT2D eigenvalue weighted by atomic mass is 32.2. The van der Waals surface area contributed by atoms with Crippen LogP contribution in [0.25, 0.3) is 0 Å². The number of nitrogens with zero attached hydrogens (tertiary/aromatic N) is 2. The number of sulfonamides is 1. The molecule has 0 spiro atoms. The van der Waals surface area contributed by atoms with Gasteiger partial charge in [-0.3, -0.25) is 9.59 Å². The minimum absolute atomic E-state index is 0.0335. The fourth-order valence-electron chi connectivity index (χ4n) is 3.80. The summed E-state index contributed by atoms with van der Waals surface area (Å²) in [5.41, 5.74) is 0.766. The first kappa shape index (κ1) is 20.8. The normalized spacial score (nSPS) is 21.4. The average molecular weight is 408 g/mol. The van der Waals surface area contributed by atoms with E-state index in [-0.39, 0.29) is 28.7 Å². The molecule has 2 amide bonds. The van der Waals surface area contributed by atoms with E-state index in [1.165, 1.54) is 10.4 Å². The highest BCUT2D eigenvalue weighted by molar-refractivity contribution is 7.89. The molecule has 1 aromatic rings. The Balaban J connectivity index is 1.77. The number of nitrogens with one attached hydrogen (secondary N) is 1. The maximum absolute atomic E-state index is 12.9. The Morgan fingerprint density at radius 2 is 1.82 bits per heavy atom. The zero-order chi connectivity index (χ0) is 20.7. The van der Waals surface area contributed by atoms with Gasteiger partial charge in [-0.05, 0) is 58.2 Å². The highest BCUT2D eigenvalue weighted by Crippen LogP contribution is 2.29. The molecule has 28 heavy (non-hydrogen) atoms. The largest absolute Gasteiger partial charge is 0.337 e. The number of hydrogen-bond donors (Lipinski definition) is 1. The molecule has 8 heteroatoms. The van der Waals surface area contributed by atoms with Gasteiger partial charge in [0.15, 0.2) is 0 Å². The Morgan fingerprint density at radius 3 is 2.39 bits per heavy atom. The number of aryl methyl sites for hydroxylation is 1. The smallest absolute Gasteiger partial charge is 0.243 e. The van der Waals surface area contributed by atoms with Crippen molar-refractivity contribution in [2.45, 2.75) is 57.4 Å². The van der Waals surface area contributed by atoms with Crippen molar-refractivity contribution in [2.75, 3.05) is 25.0 Å². The topological polar surface area (TPSA) is 86.8 Å². The first-order valence-corrected chi connectivity index (χ1v) is 11.2. The Labute approximate surface area is 167 Å². The van der Waals surface area contributed by atoms with E-state index in [2.05, 4.69) is 5.32 Å². The molecular formula is C20H29N3O4S. The SMILES string of the molecule is Cc1ccc(NC(=O)C2CC(=O)N(C(C)(C)C)C2)cc1S(=O)(=O)N1CCCC1. The average Bonchev–Trinajstić information content (AvgIpc) is 3.25. The van der Waals surface area contributed by atoms with Gasteiger partial charge < -0.3 is 10.2 Å². The molecule has 1 aromatic carbocycles. The van der Waals surface area contributed by atoms with Gasteiger partial charge in [-0.15, -0.1) is 0 Å². The van der Waals surface area contributed by atoms with Crippen molar-refractivity contribution in [1.82, 2.24) is 9.21 Å². The van der Waals surface area contributed by atoms with Gasteiger partial charge in [0.2, 0.25) is 21.8 Å². The third-order valence-corrected chi connectivity index (χ3v) is 7.48. The molecule has 2 aliphatic heterocycles. The van der Waals surface area contributed by atoms with Crippen molar-refractivity contribution in [3.05, 3.63) is 23.8 Å². The highest BCUT2D eigenvalue weighted by Gasteiger charge is 2.39. The van der Waals surface area contributed by atoms with Crippen molar-refractivity contribution < 1.29 is 18.0 Å². The Kier molecular flexibility index (Phi) is 5.55. The predicted octanol–water partition coefficient (Wildman–Crippen LogP) is 2.37. The standard InChI is InChI=1S/C20H29N3O4S/c1-14-7-8-16(12-17(14)28(26,27)22-9-5-6-10-22)21-19(25)15-11-18(24)23(13-15)20(2,3)4/h7-8,12,15H,5-6,9-11,13H2,1-4H3,(H,21,25). The molecule has 1 N–H and O–H groups in total. The summed E-state index contributed by atoms with van der Waals surface area (Å²) in [6.07, 6.45) is 1.91. The van der Waals surface area contributed by atoms with Gasteiger partial charge in [0.25, 0.3) is 0 Å². The van der Waals surface area contributed by atoms with E-state index in [0.717, 1.165) is 12.8 Å². The van der Waals surface area contributed by atoms with E-state index in [0.29, 0.717) is 30.9 Å². The summed E-state index contributed by atoms with van der Waals surface area (Å²) in [5.74, 6) is -0.728. The number of amides is 2. The zero-order valence-corrected chi connectivity index (χ0v) is 17.8. The van der Waals surface area contributed by atoms with E-state index in [4.69, 9.17) is 0 Å². The Morgan fingerprint density at radius 1 is 1.18 bits per heavy atom. The lowest BCUT2D eigenvalue weighted by atomic mass is 10.1. The number of benzene rings is 1. The summed E-state index contributed by atoms with van der Waals surface area (Å²) in [5, 5.41) is 2.81.